The number of carbonyl (C=O) groups is 2. The highest BCUT2D eigenvalue weighted by Gasteiger charge is 2.12. The molecule has 6 nitrogen and oxygen atoms in total. The predicted octanol–water partition coefficient (Wildman–Crippen LogP) is 2.80. The molecule has 2 aromatic rings. The number of hydrogen-bond donors (Lipinski definition) is 1. The molecular weight excluding hydrogens is 320 g/mol. The number of carbonyl (C=O) groups excluding carboxylic acids is 2. The van der Waals surface area contributed by atoms with Gasteiger partial charge in [-0.1, -0.05) is 12.1 Å². The number of pyridine rings is 1. The van der Waals surface area contributed by atoms with Gasteiger partial charge in [0.2, 0.25) is 0 Å². The molecule has 0 atom stereocenters. The van der Waals surface area contributed by atoms with Gasteiger partial charge in [-0.2, -0.15) is 0 Å². The first-order valence-corrected chi connectivity index (χ1v) is 8.22. The quantitative estimate of drug-likeness (QED) is 0.778. The number of nitrogens with zero attached hydrogens (tertiary/aromatic N) is 1. The van der Waals surface area contributed by atoms with Crippen molar-refractivity contribution in [2.75, 3.05) is 18.9 Å². The Kier molecular flexibility index (Phi) is 6.51. The molecule has 2 rings (SSSR count). The van der Waals surface area contributed by atoms with Gasteiger partial charge in [0.15, 0.2) is 0 Å². The maximum Gasteiger partial charge on any atom is 0.340 e. The molecule has 0 aliphatic rings. The smallest absolute Gasteiger partial charge is 0.340 e. The summed E-state index contributed by atoms with van der Waals surface area (Å²) in [5.41, 5.74) is 8.78. The van der Waals surface area contributed by atoms with Crippen molar-refractivity contribution in [2.45, 2.75) is 26.7 Å². The number of benzene rings is 1. The minimum absolute atomic E-state index is 0.294. The molecule has 6 heteroatoms. The molecule has 1 aromatic carbocycles. The standard InChI is InChI=1S/C19H22N2O4/c1-3-24-18(22)14-8-5-13(6-9-14)7-10-15-11-16(17(20)12-21-15)19(23)25-4-2/h5-6,8-9,11-12H,3-4,7,10,20H2,1-2H3. The van der Waals surface area contributed by atoms with E-state index in [2.05, 4.69) is 4.98 Å². The van der Waals surface area contributed by atoms with Crippen LogP contribution < -0.4 is 5.73 Å². The van der Waals surface area contributed by atoms with Crippen LogP contribution in [0.4, 0.5) is 5.69 Å². The van der Waals surface area contributed by atoms with E-state index < -0.39 is 5.97 Å². The van der Waals surface area contributed by atoms with Crippen LogP contribution in [0.1, 0.15) is 45.8 Å². The molecule has 0 unspecified atom stereocenters. The highest BCUT2D eigenvalue weighted by molar-refractivity contribution is 5.94. The van der Waals surface area contributed by atoms with Gasteiger partial charge < -0.3 is 15.2 Å². The molecule has 25 heavy (non-hydrogen) atoms. The zero-order valence-corrected chi connectivity index (χ0v) is 14.5. The van der Waals surface area contributed by atoms with E-state index in [4.69, 9.17) is 15.2 Å². The fraction of sp³-hybridized carbons (Fsp3) is 0.316. The Bertz CT molecular complexity index is 742. The minimum Gasteiger partial charge on any atom is -0.462 e. The van der Waals surface area contributed by atoms with E-state index in [9.17, 15) is 9.59 Å². The zero-order chi connectivity index (χ0) is 18.2. The summed E-state index contributed by atoms with van der Waals surface area (Å²) in [6.07, 6.45) is 2.85. The Labute approximate surface area is 147 Å². The van der Waals surface area contributed by atoms with Gasteiger partial charge in [0.25, 0.3) is 0 Å². The Morgan fingerprint density at radius 2 is 1.64 bits per heavy atom. The number of aryl methyl sites for hydroxylation is 2. The predicted molar refractivity (Wildman–Crippen MR) is 94.4 cm³/mol. The average molecular weight is 342 g/mol. The van der Waals surface area contributed by atoms with Crippen molar-refractivity contribution in [1.82, 2.24) is 4.98 Å². The SMILES string of the molecule is CCOC(=O)c1ccc(CCc2cc(C(=O)OCC)c(N)cn2)cc1. The second-order valence-corrected chi connectivity index (χ2v) is 5.40. The van der Waals surface area contributed by atoms with Crippen molar-refractivity contribution < 1.29 is 19.1 Å². The molecule has 0 fully saturated rings. The Hall–Kier alpha value is -2.89. The van der Waals surface area contributed by atoms with Gasteiger partial charge in [0, 0.05) is 5.69 Å². The minimum atomic E-state index is -0.442. The maximum absolute atomic E-state index is 11.9. The van der Waals surface area contributed by atoms with Crippen molar-refractivity contribution in [3.8, 4) is 0 Å². The Morgan fingerprint density at radius 1 is 1.00 bits per heavy atom. The number of ether oxygens (including phenoxy) is 2. The van der Waals surface area contributed by atoms with Gasteiger partial charge in [-0.15, -0.1) is 0 Å². The molecule has 0 spiro atoms. The summed E-state index contributed by atoms with van der Waals surface area (Å²) < 4.78 is 9.95. The summed E-state index contributed by atoms with van der Waals surface area (Å²) in [6, 6.07) is 8.92. The first kappa shape index (κ1) is 18.4. The molecule has 0 aliphatic carbocycles. The lowest BCUT2D eigenvalue weighted by atomic mass is 10.0. The molecule has 1 aromatic heterocycles. The van der Waals surface area contributed by atoms with Crippen LogP contribution in [-0.2, 0) is 22.3 Å². The monoisotopic (exact) mass is 342 g/mol. The highest BCUT2D eigenvalue weighted by Crippen LogP contribution is 2.15. The van der Waals surface area contributed by atoms with Gasteiger partial charge in [-0.25, -0.2) is 9.59 Å². The molecule has 0 saturated heterocycles. The molecule has 0 amide bonds. The lowest BCUT2D eigenvalue weighted by molar-refractivity contribution is 0.0517. The number of aromatic nitrogens is 1. The second kappa shape index (κ2) is 8.82. The van der Waals surface area contributed by atoms with E-state index in [0.717, 1.165) is 17.7 Å². The van der Waals surface area contributed by atoms with E-state index in [1.54, 1.807) is 32.0 Å². The van der Waals surface area contributed by atoms with Crippen molar-refractivity contribution in [3.63, 3.8) is 0 Å². The summed E-state index contributed by atoms with van der Waals surface area (Å²) >= 11 is 0. The highest BCUT2D eigenvalue weighted by atomic mass is 16.5. The zero-order valence-electron chi connectivity index (χ0n) is 14.5. The largest absolute Gasteiger partial charge is 0.462 e. The van der Waals surface area contributed by atoms with Gasteiger partial charge >= 0.3 is 11.9 Å². The topological polar surface area (TPSA) is 91.5 Å². The van der Waals surface area contributed by atoms with Crippen LogP contribution in [-0.4, -0.2) is 30.1 Å². The molecule has 0 radical (unpaired) electrons. The van der Waals surface area contributed by atoms with Gasteiger partial charge in [0.05, 0.1) is 36.2 Å². The number of anilines is 1. The van der Waals surface area contributed by atoms with Gasteiger partial charge in [-0.3, -0.25) is 4.98 Å². The van der Waals surface area contributed by atoms with E-state index in [1.807, 2.05) is 12.1 Å². The van der Waals surface area contributed by atoms with Crippen molar-refractivity contribution in [3.05, 3.63) is 58.9 Å². The van der Waals surface area contributed by atoms with Crippen LogP contribution >= 0.6 is 0 Å². The van der Waals surface area contributed by atoms with Crippen LogP contribution in [0, 0.1) is 0 Å². The summed E-state index contributed by atoms with van der Waals surface area (Å²) in [4.78, 5) is 27.8. The molecule has 0 saturated carbocycles. The van der Waals surface area contributed by atoms with Gasteiger partial charge in [-0.05, 0) is 50.5 Å². The average Bonchev–Trinajstić information content (AvgIpc) is 2.62. The lowest BCUT2D eigenvalue weighted by Crippen LogP contribution is -2.10. The summed E-state index contributed by atoms with van der Waals surface area (Å²) in [6.45, 7) is 4.17. The second-order valence-electron chi connectivity index (χ2n) is 5.40. The van der Waals surface area contributed by atoms with E-state index in [1.165, 1.54) is 6.20 Å². The maximum atomic E-state index is 11.9. The van der Waals surface area contributed by atoms with Crippen molar-refractivity contribution in [1.29, 1.82) is 0 Å². The molecule has 132 valence electrons. The number of esters is 2. The van der Waals surface area contributed by atoms with Crippen LogP contribution in [0.25, 0.3) is 0 Å². The fourth-order valence-electron chi connectivity index (χ4n) is 2.33. The third-order valence-corrected chi connectivity index (χ3v) is 3.62. The van der Waals surface area contributed by atoms with Crippen molar-refractivity contribution >= 4 is 17.6 Å². The summed E-state index contributed by atoms with van der Waals surface area (Å²) in [7, 11) is 0. The third kappa shape index (κ3) is 5.04. The summed E-state index contributed by atoms with van der Waals surface area (Å²) in [5.74, 6) is -0.768. The molecular formula is C19H22N2O4. The molecule has 2 N–H and O–H groups in total. The van der Waals surface area contributed by atoms with Crippen LogP contribution in [0.5, 0.6) is 0 Å². The summed E-state index contributed by atoms with van der Waals surface area (Å²) in [5, 5.41) is 0. The van der Waals surface area contributed by atoms with E-state index in [0.29, 0.717) is 36.4 Å². The first-order valence-electron chi connectivity index (χ1n) is 8.22. The number of nitrogens with two attached hydrogens (primary N) is 1. The fourth-order valence-corrected chi connectivity index (χ4v) is 2.33. The van der Waals surface area contributed by atoms with Crippen LogP contribution in [0.2, 0.25) is 0 Å². The molecule has 0 aliphatic heterocycles. The van der Waals surface area contributed by atoms with Gasteiger partial charge in [0.1, 0.15) is 0 Å². The van der Waals surface area contributed by atoms with E-state index >= 15 is 0 Å². The Balaban J connectivity index is 2.02. The van der Waals surface area contributed by atoms with Crippen molar-refractivity contribution in [2.24, 2.45) is 0 Å². The lowest BCUT2D eigenvalue weighted by Gasteiger charge is -2.08. The normalized spacial score (nSPS) is 10.3. The number of rotatable bonds is 7. The number of nitrogen functional groups attached to an aromatic ring is 1. The molecule has 1 heterocycles. The number of hydrogen-bond acceptors (Lipinski definition) is 6. The van der Waals surface area contributed by atoms with Crippen LogP contribution in [0.15, 0.2) is 36.5 Å². The third-order valence-electron chi connectivity index (χ3n) is 3.62. The van der Waals surface area contributed by atoms with E-state index in [-0.39, 0.29) is 5.97 Å². The molecule has 0 bridgehead atoms. The Morgan fingerprint density at radius 3 is 2.28 bits per heavy atom. The first-order chi connectivity index (χ1) is 12.0. The van der Waals surface area contributed by atoms with Crippen LogP contribution in [0.3, 0.4) is 0 Å².